The molecule has 0 aliphatic rings. The van der Waals surface area contributed by atoms with E-state index in [1.807, 2.05) is 0 Å². The van der Waals surface area contributed by atoms with Crippen molar-refractivity contribution in [3.63, 3.8) is 0 Å². The lowest BCUT2D eigenvalue weighted by atomic mass is 9.81. The van der Waals surface area contributed by atoms with Crippen molar-refractivity contribution in [2.24, 2.45) is 0 Å². The Morgan fingerprint density at radius 3 is 0.794 bits per heavy atom. The van der Waals surface area contributed by atoms with E-state index in [2.05, 4.69) is 259 Å². The number of fused-ring (bicyclic) bond motifs is 7. The van der Waals surface area contributed by atoms with E-state index < -0.39 is 0 Å². The molecule has 11 aromatic rings. The summed E-state index contributed by atoms with van der Waals surface area (Å²) in [6, 6.07) is 72.9. The Bertz CT molecular complexity index is 3410. The normalized spacial score (nSPS) is 11.5. The van der Waals surface area contributed by atoms with Gasteiger partial charge in [0.05, 0.1) is 0 Å². The third-order valence-corrected chi connectivity index (χ3v) is 14.1. The molecule has 0 heterocycles. The highest BCUT2D eigenvalue weighted by molar-refractivity contribution is 6.36. The zero-order valence-corrected chi connectivity index (χ0v) is 40.4. The van der Waals surface area contributed by atoms with E-state index in [1.54, 1.807) is 0 Å². The molecular formula is C66H56N2. The standard InChI is InChI=1S/C66H56N2/c1-41-21-33-59(45(5)37-41)67(60-34-22-42(2)38-46(60)6)51-29-25-49(26-30-51)63-57-19-13-14-20-58(57)64(66-56-18-12-10-16-54(56)53-15-9-11-17-55(53)65(63)66)50-27-31-52(32-28-50)68(61-35-23-43(3)39-47(61)7)62-36-24-44(4)40-48(62)8/h9-40H,1-8H3. The number of hydrogen-bond donors (Lipinski definition) is 0. The van der Waals surface area contributed by atoms with Gasteiger partial charge in [-0.1, -0.05) is 168 Å². The third-order valence-electron chi connectivity index (χ3n) is 14.1. The SMILES string of the molecule is Cc1ccc(N(c2ccc(-c3c4ccccc4c(-c4ccc(N(c5ccc(C)cc5C)c5ccc(C)cc5C)cc4)c4c5ccccc5c5ccccc5c34)cc2)c2ccc(C)cc2C)c(C)c1. The number of rotatable bonds is 8. The maximum absolute atomic E-state index is 2.43. The molecule has 0 saturated heterocycles. The zero-order valence-electron chi connectivity index (χ0n) is 40.4. The monoisotopic (exact) mass is 876 g/mol. The Kier molecular flexibility index (Phi) is 10.7. The Morgan fingerprint density at radius 1 is 0.250 bits per heavy atom. The first-order valence-electron chi connectivity index (χ1n) is 23.9. The predicted molar refractivity (Wildman–Crippen MR) is 295 cm³/mol. The second-order valence-electron chi connectivity index (χ2n) is 19.1. The minimum atomic E-state index is 1.13. The zero-order chi connectivity index (χ0) is 46.8. The second-order valence-corrected chi connectivity index (χ2v) is 19.1. The van der Waals surface area contributed by atoms with Crippen molar-refractivity contribution in [1.82, 2.24) is 0 Å². The van der Waals surface area contributed by atoms with Crippen molar-refractivity contribution >= 4 is 77.2 Å². The number of aryl methyl sites for hydroxylation is 8. The van der Waals surface area contributed by atoms with Gasteiger partial charge in [-0.3, -0.25) is 0 Å². The molecule has 2 heteroatoms. The highest BCUT2D eigenvalue weighted by Gasteiger charge is 2.24. The molecule has 68 heavy (non-hydrogen) atoms. The lowest BCUT2D eigenvalue weighted by Gasteiger charge is -2.29. The highest BCUT2D eigenvalue weighted by Crippen LogP contribution is 2.51. The summed E-state index contributed by atoms with van der Waals surface area (Å²) in [6.45, 7) is 17.6. The molecular weight excluding hydrogens is 821 g/mol. The molecule has 11 rings (SSSR count). The maximum atomic E-state index is 2.43. The van der Waals surface area contributed by atoms with E-state index >= 15 is 0 Å². The molecule has 0 spiro atoms. The van der Waals surface area contributed by atoms with Crippen LogP contribution in [0.15, 0.2) is 194 Å². The molecule has 0 aromatic heterocycles. The fourth-order valence-corrected chi connectivity index (χ4v) is 11.0. The van der Waals surface area contributed by atoms with Gasteiger partial charge in [0.1, 0.15) is 0 Å². The van der Waals surface area contributed by atoms with Gasteiger partial charge in [-0.2, -0.15) is 0 Å². The molecule has 0 radical (unpaired) electrons. The predicted octanol–water partition coefficient (Wildman–Crippen LogP) is 19.0. The van der Waals surface area contributed by atoms with Crippen molar-refractivity contribution in [1.29, 1.82) is 0 Å². The van der Waals surface area contributed by atoms with Crippen LogP contribution >= 0.6 is 0 Å². The quantitative estimate of drug-likeness (QED) is 0.111. The molecule has 0 amide bonds. The van der Waals surface area contributed by atoms with Gasteiger partial charge in [0.2, 0.25) is 0 Å². The van der Waals surface area contributed by atoms with Crippen LogP contribution in [0.5, 0.6) is 0 Å². The molecule has 0 saturated carbocycles. The lowest BCUT2D eigenvalue weighted by molar-refractivity contribution is 1.21. The van der Waals surface area contributed by atoms with Crippen LogP contribution in [-0.2, 0) is 0 Å². The first-order chi connectivity index (χ1) is 33.0. The fraction of sp³-hybridized carbons (Fsp3) is 0.121. The summed E-state index contributed by atoms with van der Waals surface area (Å²) in [5.41, 5.74) is 21.9. The van der Waals surface area contributed by atoms with Crippen LogP contribution < -0.4 is 9.80 Å². The Labute approximate surface area is 401 Å². The van der Waals surface area contributed by atoms with Gasteiger partial charge in [-0.15, -0.1) is 0 Å². The van der Waals surface area contributed by atoms with Crippen LogP contribution in [0, 0.1) is 55.4 Å². The largest absolute Gasteiger partial charge is 0.310 e. The van der Waals surface area contributed by atoms with Crippen molar-refractivity contribution in [3.8, 4) is 22.3 Å². The van der Waals surface area contributed by atoms with Crippen LogP contribution in [-0.4, -0.2) is 0 Å². The van der Waals surface area contributed by atoms with E-state index in [-0.39, 0.29) is 0 Å². The molecule has 0 N–H and O–H groups in total. The van der Waals surface area contributed by atoms with E-state index in [4.69, 9.17) is 0 Å². The summed E-state index contributed by atoms with van der Waals surface area (Å²) in [5.74, 6) is 0. The molecule has 0 bridgehead atoms. The minimum Gasteiger partial charge on any atom is -0.310 e. The summed E-state index contributed by atoms with van der Waals surface area (Å²) in [4.78, 5) is 4.86. The van der Waals surface area contributed by atoms with Crippen LogP contribution in [0.1, 0.15) is 44.5 Å². The Hall–Kier alpha value is -7.94. The summed E-state index contributed by atoms with van der Waals surface area (Å²) in [7, 11) is 0. The van der Waals surface area contributed by atoms with E-state index in [0.717, 1.165) is 11.4 Å². The van der Waals surface area contributed by atoms with E-state index in [0.29, 0.717) is 0 Å². The van der Waals surface area contributed by atoms with Crippen LogP contribution in [0.25, 0.3) is 65.3 Å². The second kappa shape index (κ2) is 17.0. The number of anilines is 6. The van der Waals surface area contributed by atoms with E-state index in [9.17, 15) is 0 Å². The average Bonchev–Trinajstić information content (AvgIpc) is 3.34. The summed E-state index contributed by atoms with van der Waals surface area (Å²) in [6.07, 6.45) is 0. The van der Waals surface area contributed by atoms with Gasteiger partial charge in [0.15, 0.2) is 0 Å². The van der Waals surface area contributed by atoms with Gasteiger partial charge in [0, 0.05) is 34.1 Å². The molecule has 0 unspecified atom stereocenters. The van der Waals surface area contributed by atoms with Gasteiger partial charge in [0.25, 0.3) is 0 Å². The fourth-order valence-electron chi connectivity index (χ4n) is 11.0. The van der Waals surface area contributed by atoms with Gasteiger partial charge >= 0.3 is 0 Å². The maximum Gasteiger partial charge on any atom is 0.0491 e. The molecule has 11 aromatic carbocycles. The smallest absolute Gasteiger partial charge is 0.0491 e. The van der Waals surface area contributed by atoms with Crippen molar-refractivity contribution in [3.05, 3.63) is 239 Å². The van der Waals surface area contributed by atoms with Crippen molar-refractivity contribution in [2.75, 3.05) is 9.80 Å². The van der Waals surface area contributed by atoms with Gasteiger partial charge in [-0.25, -0.2) is 0 Å². The Morgan fingerprint density at radius 2 is 0.515 bits per heavy atom. The Balaban J connectivity index is 1.16. The number of nitrogens with zero attached hydrogens (tertiary/aromatic N) is 2. The highest BCUT2D eigenvalue weighted by atomic mass is 15.2. The molecule has 330 valence electrons. The van der Waals surface area contributed by atoms with Crippen molar-refractivity contribution < 1.29 is 0 Å². The summed E-state index contributed by atoms with van der Waals surface area (Å²) in [5, 5.41) is 10.1. The molecule has 0 aliphatic carbocycles. The minimum absolute atomic E-state index is 1.13. The van der Waals surface area contributed by atoms with E-state index in [1.165, 1.54) is 133 Å². The average molecular weight is 877 g/mol. The summed E-state index contributed by atoms with van der Waals surface area (Å²) >= 11 is 0. The van der Waals surface area contributed by atoms with Gasteiger partial charge in [-0.05, 0) is 192 Å². The first-order valence-corrected chi connectivity index (χ1v) is 23.9. The third kappa shape index (κ3) is 7.29. The lowest BCUT2D eigenvalue weighted by Crippen LogP contribution is -2.13. The molecule has 2 nitrogen and oxygen atoms in total. The topological polar surface area (TPSA) is 6.48 Å². The van der Waals surface area contributed by atoms with Crippen LogP contribution in [0.4, 0.5) is 34.1 Å². The van der Waals surface area contributed by atoms with Gasteiger partial charge < -0.3 is 9.80 Å². The van der Waals surface area contributed by atoms with Crippen LogP contribution in [0.2, 0.25) is 0 Å². The number of hydrogen-bond acceptors (Lipinski definition) is 2. The summed E-state index contributed by atoms with van der Waals surface area (Å²) < 4.78 is 0. The first kappa shape index (κ1) is 42.7. The number of benzene rings is 11. The van der Waals surface area contributed by atoms with Crippen molar-refractivity contribution in [2.45, 2.75) is 55.4 Å². The molecule has 0 aliphatic heterocycles. The molecule has 0 fully saturated rings. The molecule has 0 atom stereocenters. The van der Waals surface area contributed by atoms with Crippen LogP contribution in [0.3, 0.4) is 0 Å².